The minimum Gasteiger partial charge on any atom is -0.389 e. The topological polar surface area (TPSA) is 47.3 Å². The average Bonchev–Trinajstić information content (AvgIpc) is 2.46. The average molecular weight is 287 g/mol. The number of halogens is 1. The van der Waals surface area contributed by atoms with Crippen molar-refractivity contribution in [2.75, 3.05) is 11.9 Å². The van der Waals surface area contributed by atoms with Crippen LogP contribution in [0.15, 0.2) is 42.5 Å². The summed E-state index contributed by atoms with van der Waals surface area (Å²) in [5, 5.41) is 19.1. The lowest BCUT2D eigenvalue weighted by Crippen LogP contribution is -2.10. The Kier molecular flexibility index (Phi) is 4.29. The highest BCUT2D eigenvalue weighted by Crippen LogP contribution is 2.32. The fourth-order valence-electron chi connectivity index (χ4n) is 1.98. The van der Waals surface area contributed by atoms with Gasteiger partial charge in [-0.25, -0.2) is 0 Å². The van der Waals surface area contributed by atoms with Crippen molar-refractivity contribution in [3.8, 4) is 6.07 Å². The van der Waals surface area contributed by atoms with Gasteiger partial charge in [0.05, 0.1) is 28.4 Å². The van der Waals surface area contributed by atoms with E-state index in [1.807, 2.05) is 36.2 Å². The fraction of sp³-hybridized carbons (Fsp3) is 0.188. The first-order chi connectivity index (χ1) is 9.52. The van der Waals surface area contributed by atoms with Crippen LogP contribution in [0.4, 0.5) is 11.4 Å². The van der Waals surface area contributed by atoms with Gasteiger partial charge >= 0.3 is 0 Å². The molecule has 3 nitrogen and oxygen atoms in total. The summed E-state index contributed by atoms with van der Waals surface area (Å²) in [4.78, 5) is 1.91. The Morgan fingerprint density at radius 3 is 2.60 bits per heavy atom. The zero-order valence-electron chi connectivity index (χ0n) is 11.3. The van der Waals surface area contributed by atoms with Crippen molar-refractivity contribution in [1.29, 1.82) is 5.26 Å². The molecule has 0 fully saturated rings. The van der Waals surface area contributed by atoms with Gasteiger partial charge in [-0.1, -0.05) is 23.7 Å². The van der Waals surface area contributed by atoms with E-state index in [4.69, 9.17) is 16.9 Å². The molecular formula is C16H15ClN2O. The van der Waals surface area contributed by atoms with Crippen molar-refractivity contribution in [2.45, 2.75) is 13.0 Å². The maximum Gasteiger partial charge on any atom is 0.0992 e. The molecule has 2 aromatic carbocycles. The summed E-state index contributed by atoms with van der Waals surface area (Å²) in [6, 6.07) is 14.9. The summed E-state index contributed by atoms with van der Waals surface area (Å²) in [5.41, 5.74) is 3.09. The predicted molar refractivity (Wildman–Crippen MR) is 81.3 cm³/mol. The molecule has 20 heavy (non-hydrogen) atoms. The van der Waals surface area contributed by atoms with Crippen molar-refractivity contribution in [3.63, 3.8) is 0 Å². The van der Waals surface area contributed by atoms with Crippen LogP contribution >= 0.6 is 11.6 Å². The zero-order valence-corrected chi connectivity index (χ0v) is 12.1. The third-order valence-corrected chi connectivity index (χ3v) is 3.48. The van der Waals surface area contributed by atoms with Crippen LogP contribution in [0.1, 0.15) is 24.2 Å². The molecule has 102 valence electrons. The van der Waals surface area contributed by atoms with Gasteiger partial charge in [-0.15, -0.1) is 0 Å². The standard InChI is InChI=1S/C16H15ClN2O/c1-11(20)13-6-7-16(15(17)9-13)19(2)14-5-3-4-12(8-14)10-18/h3-9,11,20H,1-2H3/t11-/m1/s1. The van der Waals surface area contributed by atoms with Crippen molar-refractivity contribution < 1.29 is 5.11 Å². The van der Waals surface area contributed by atoms with Gasteiger partial charge in [0.15, 0.2) is 0 Å². The van der Waals surface area contributed by atoms with E-state index in [0.29, 0.717) is 10.6 Å². The lowest BCUT2D eigenvalue weighted by Gasteiger charge is -2.21. The van der Waals surface area contributed by atoms with Gasteiger partial charge in [-0.3, -0.25) is 0 Å². The first kappa shape index (κ1) is 14.4. The summed E-state index contributed by atoms with van der Waals surface area (Å²) in [6.45, 7) is 1.70. The van der Waals surface area contributed by atoms with E-state index in [2.05, 4.69) is 6.07 Å². The van der Waals surface area contributed by atoms with E-state index in [-0.39, 0.29) is 0 Å². The molecule has 0 saturated heterocycles. The van der Waals surface area contributed by atoms with Crippen molar-refractivity contribution in [2.24, 2.45) is 0 Å². The molecule has 1 atom stereocenters. The number of hydrogen-bond donors (Lipinski definition) is 1. The number of rotatable bonds is 3. The van der Waals surface area contributed by atoms with E-state index < -0.39 is 6.10 Å². The molecule has 0 spiro atoms. The Bertz CT molecular complexity index is 662. The normalized spacial score (nSPS) is 11.8. The van der Waals surface area contributed by atoms with Crippen LogP contribution in [0.5, 0.6) is 0 Å². The smallest absolute Gasteiger partial charge is 0.0992 e. The summed E-state index contributed by atoms with van der Waals surface area (Å²) in [5.74, 6) is 0. The number of aliphatic hydroxyl groups is 1. The van der Waals surface area contributed by atoms with Crippen LogP contribution in [0.25, 0.3) is 0 Å². The van der Waals surface area contributed by atoms with Gasteiger partial charge in [-0.05, 0) is 42.8 Å². The van der Waals surface area contributed by atoms with E-state index in [0.717, 1.165) is 16.9 Å². The molecule has 0 radical (unpaired) electrons. The van der Waals surface area contributed by atoms with Crippen LogP contribution in [-0.4, -0.2) is 12.2 Å². The van der Waals surface area contributed by atoms with Gasteiger partial charge in [0.25, 0.3) is 0 Å². The van der Waals surface area contributed by atoms with Crippen molar-refractivity contribution >= 4 is 23.0 Å². The third kappa shape index (κ3) is 2.93. The molecule has 0 aliphatic carbocycles. The Morgan fingerprint density at radius 1 is 1.25 bits per heavy atom. The molecule has 0 heterocycles. The Hall–Kier alpha value is -2.02. The van der Waals surface area contributed by atoms with Crippen LogP contribution < -0.4 is 4.90 Å². The summed E-state index contributed by atoms with van der Waals surface area (Å²) in [7, 11) is 1.89. The SMILES string of the molecule is C[C@@H](O)c1ccc(N(C)c2cccc(C#N)c2)c(Cl)c1. The molecular weight excluding hydrogens is 272 g/mol. The van der Waals surface area contributed by atoms with Gasteiger partial charge < -0.3 is 10.0 Å². The quantitative estimate of drug-likeness (QED) is 0.926. The zero-order chi connectivity index (χ0) is 14.7. The minimum absolute atomic E-state index is 0.547. The summed E-state index contributed by atoms with van der Waals surface area (Å²) < 4.78 is 0. The van der Waals surface area contributed by atoms with Crippen LogP contribution in [-0.2, 0) is 0 Å². The van der Waals surface area contributed by atoms with Gasteiger partial charge in [-0.2, -0.15) is 5.26 Å². The molecule has 0 aliphatic rings. The monoisotopic (exact) mass is 286 g/mol. The lowest BCUT2D eigenvalue weighted by molar-refractivity contribution is 0.199. The van der Waals surface area contributed by atoms with Crippen LogP contribution in [0.3, 0.4) is 0 Å². The molecule has 1 N–H and O–H groups in total. The van der Waals surface area contributed by atoms with E-state index >= 15 is 0 Å². The number of nitriles is 1. The summed E-state index contributed by atoms with van der Waals surface area (Å²) in [6.07, 6.45) is -0.547. The van der Waals surface area contributed by atoms with Crippen LogP contribution in [0, 0.1) is 11.3 Å². The summed E-state index contributed by atoms with van der Waals surface area (Å²) >= 11 is 6.27. The van der Waals surface area contributed by atoms with E-state index in [1.165, 1.54) is 0 Å². The van der Waals surface area contributed by atoms with Gasteiger partial charge in [0.2, 0.25) is 0 Å². The molecule has 0 saturated carbocycles. The molecule has 0 unspecified atom stereocenters. The second-order valence-corrected chi connectivity index (χ2v) is 5.02. The first-order valence-corrected chi connectivity index (χ1v) is 6.62. The number of aliphatic hydroxyl groups excluding tert-OH is 1. The number of hydrogen-bond acceptors (Lipinski definition) is 3. The molecule has 0 bridgehead atoms. The second kappa shape index (κ2) is 5.96. The molecule has 4 heteroatoms. The molecule has 0 amide bonds. The fourth-order valence-corrected chi connectivity index (χ4v) is 2.29. The van der Waals surface area contributed by atoms with Crippen molar-refractivity contribution in [1.82, 2.24) is 0 Å². The highest BCUT2D eigenvalue weighted by atomic mass is 35.5. The van der Waals surface area contributed by atoms with E-state index in [1.54, 1.807) is 25.1 Å². The molecule has 2 rings (SSSR count). The maximum atomic E-state index is 9.55. The largest absolute Gasteiger partial charge is 0.389 e. The minimum atomic E-state index is -0.547. The Morgan fingerprint density at radius 2 is 2.00 bits per heavy atom. The van der Waals surface area contributed by atoms with Crippen molar-refractivity contribution in [3.05, 3.63) is 58.6 Å². The van der Waals surface area contributed by atoms with Crippen LogP contribution in [0.2, 0.25) is 5.02 Å². The number of benzene rings is 2. The Labute approximate surface area is 123 Å². The Balaban J connectivity index is 2.38. The predicted octanol–water partition coefficient (Wildman–Crippen LogP) is 4.03. The number of nitrogens with zero attached hydrogens (tertiary/aromatic N) is 2. The van der Waals surface area contributed by atoms with E-state index in [9.17, 15) is 5.11 Å². The highest BCUT2D eigenvalue weighted by molar-refractivity contribution is 6.33. The lowest BCUT2D eigenvalue weighted by atomic mass is 10.1. The first-order valence-electron chi connectivity index (χ1n) is 6.24. The maximum absolute atomic E-state index is 9.55. The molecule has 0 aliphatic heterocycles. The number of anilines is 2. The molecule has 0 aromatic heterocycles. The molecule has 2 aromatic rings. The third-order valence-electron chi connectivity index (χ3n) is 3.18. The second-order valence-electron chi connectivity index (χ2n) is 4.61. The van der Waals surface area contributed by atoms with Gasteiger partial charge in [0.1, 0.15) is 0 Å². The highest BCUT2D eigenvalue weighted by Gasteiger charge is 2.11. The van der Waals surface area contributed by atoms with Gasteiger partial charge in [0, 0.05) is 12.7 Å².